The van der Waals surface area contributed by atoms with Crippen molar-refractivity contribution in [3.63, 3.8) is 0 Å². The van der Waals surface area contributed by atoms with E-state index >= 15 is 0 Å². The molecular formula is C18H18FN3O6S. The molecular weight excluding hydrogens is 405 g/mol. The lowest BCUT2D eigenvalue weighted by atomic mass is 10.2. The molecule has 0 bridgehead atoms. The van der Waals surface area contributed by atoms with E-state index in [1.807, 2.05) is 0 Å². The number of hydrogen-bond acceptors (Lipinski definition) is 5. The van der Waals surface area contributed by atoms with Crippen LogP contribution >= 0.6 is 0 Å². The second kappa shape index (κ2) is 7.95. The van der Waals surface area contributed by atoms with E-state index in [4.69, 9.17) is 9.84 Å². The Morgan fingerprint density at radius 3 is 2.55 bits per heavy atom. The van der Waals surface area contributed by atoms with Crippen molar-refractivity contribution in [3.8, 4) is 5.75 Å². The summed E-state index contributed by atoms with van der Waals surface area (Å²) in [7, 11) is -4.17. The molecule has 154 valence electrons. The fourth-order valence-electron chi connectivity index (χ4n) is 2.91. The number of nitrogens with one attached hydrogen (secondary N) is 2. The number of fused-ring (bicyclic) bond motifs is 1. The Balaban J connectivity index is 2.10. The highest BCUT2D eigenvalue weighted by molar-refractivity contribution is 7.92. The van der Waals surface area contributed by atoms with Crippen LogP contribution in [0.5, 0.6) is 5.75 Å². The highest BCUT2D eigenvalue weighted by Gasteiger charge is 2.37. The number of ether oxygens (including phenoxy) is 1. The standard InChI is InChI=1S/C18H18FN3O6S/c1-11(23)20-9-14-10-28-17-7-4-13(21-18(24)25)8-16(17)22(14)29(26,27)15-5-2-12(19)3-6-15/h2-8,14,21H,9-10H2,1H3,(H,20,23)(H,24,25). The highest BCUT2D eigenvalue weighted by Crippen LogP contribution is 2.39. The van der Waals surface area contributed by atoms with Gasteiger partial charge in [-0.15, -0.1) is 0 Å². The third kappa shape index (κ3) is 4.40. The predicted octanol–water partition coefficient (Wildman–Crippen LogP) is 2.01. The monoisotopic (exact) mass is 423 g/mol. The fourth-order valence-corrected chi connectivity index (χ4v) is 4.55. The van der Waals surface area contributed by atoms with Gasteiger partial charge in [-0.1, -0.05) is 0 Å². The second-order valence-electron chi connectivity index (χ2n) is 6.27. The van der Waals surface area contributed by atoms with E-state index < -0.39 is 28.0 Å². The lowest BCUT2D eigenvalue weighted by Crippen LogP contribution is -2.52. The summed E-state index contributed by atoms with van der Waals surface area (Å²) in [6, 6.07) is 7.72. The molecule has 0 aliphatic carbocycles. The zero-order chi connectivity index (χ0) is 21.2. The van der Waals surface area contributed by atoms with E-state index in [1.165, 1.54) is 25.1 Å². The molecule has 29 heavy (non-hydrogen) atoms. The van der Waals surface area contributed by atoms with E-state index in [0.717, 1.165) is 28.6 Å². The zero-order valence-corrected chi connectivity index (χ0v) is 16.1. The summed E-state index contributed by atoms with van der Waals surface area (Å²) in [5, 5.41) is 13.7. The average molecular weight is 423 g/mol. The Morgan fingerprint density at radius 2 is 1.93 bits per heavy atom. The van der Waals surface area contributed by atoms with Crippen molar-refractivity contribution in [2.75, 3.05) is 22.8 Å². The second-order valence-corrected chi connectivity index (χ2v) is 8.08. The number of sulfonamides is 1. The number of hydrogen-bond donors (Lipinski definition) is 3. The molecule has 1 aliphatic rings. The number of anilines is 2. The maximum Gasteiger partial charge on any atom is 0.409 e. The normalized spacial score (nSPS) is 15.8. The number of nitrogens with zero attached hydrogens (tertiary/aromatic N) is 1. The van der Waals surface area contributed by atoms with Crippen molar-refractivity contribution in [2.45, 2.75) is 17.9 Å². The van der Waals surface area contributed by atoms with Gasteiger partial charge in [0.25, 0.3) is 10.0 Å². The number of carbonyl (C=O) groups is 2. The molecule has 3 N–H and O–H groups in total. The molecule has 0 spiro atoms. The number of rotatable bonds is 5. The molecule has 0 radical (unpaired) electrons. The molecule has 11 heteroatoms. The van der Waals surface area contributed by atoms with E-state index in [9.17, 15) is 22.4 Å². The zero-order valence-electron chi connectivity index (χ0n) is 15.3. The van der Waals surface area contributed by atoms with Crippen molar-refractivity contribution in [3.05, 3.63) is 48.3 Å². The van der Waals surface area contributed by atoms with Crippen LogP contribution in [-0.4, -0.2) is 44.7 Å². The first-order chi connectivity index (χ1) is 13.7. The molecule has 2 amide bonds. The van der Waals surface area contributed by atoms with Crippen LogP contribution in [0.25, 0.3) is 0 Å². The summed E-state index contributed by atoms with van der Waals surface area (Å²) in [6.45, 7) is 1.22. The van der Waals surface area contributed by atoms with E-state index in [2.05, 4.69) is 10.6 Å². The van der Waals surface area contributed by atoms with Gasteiger partial charge in [-0.3, -0.25) is 14.4 Å². The van der Waals surface area contributed by atoms with Crippen LogP contribution < -0.4 is 19.7 Å². The van der Waals surface area contributed by atoms with Crippen molar-refractivity contribution in [1.29, 1.82) is 0 Å². The third-order valence-electron chi connectivity index (χ3n) is 4.17. The summed E-state index contributed by atoms with van der Waals surface area (Å²) >= 11 is 0. The Kier molecular flexibility index (Phi) is 5.59. The van der Waals surface area contributed by atoms with Crippen molar-refractivity contribution in [1.82, 2.24) is 5.32 Å². The largest absolute Gasteiger partial charge is 0.489 e. The van der Waals surface area contributed by atoms with Crippen molar-refractivity contribution in [2.24, 2.45) is 0 Å². The number of amides is 2. The van der Waals surface area contributed by atoms with E-state index in [0.29, 0.717) is 0 Å². The van der Waals surface area contributed by atoms with Crippen LogP contribution in [0, 0.1) is 5.82 Å². The van der Waals surface area contributed by atoms with Gasteiger partial charge in [0.05, 0.1) is 16.6 Å². The Labute approximate surface area is 166 Å². The van der Waals surface area contributed by atoms with E-state index in [-0.39, 0.29) is 41.1 Å². The Morgan fingerprint density at radius 1 is 1.24 bits per heavy atom. The van der Waals surface area contributed by atoms with Crippen molar-refractivity contribution >= 4 is 33.4 Å². The van der Waals surface area contributed by atoms with Crippen LogP contribution in [0.1, 0.15) is 6.92 Å². The van der Waals surface area contributed by atoms with Gasteiger partial charge in [0.2, 0.25) is 5.91 Å². The lowest BCUT2D eigenvalue weighted by molar-refractivity contribution is -0.119. The molecule has 1 aliphatic heterocycles. The quantitative estimate of drug-likeness (QED) is 0.676. The first kappa shape index (κ1) is 20.4. The number of benzene rings is 2. The van der Waals surface area contributed by atoms with Gasteiger partial charge in [0.15, 0.2) is 0 Å². The highest BCUT2D eigenvalue weighted by atomic mass is 32.2. The minimum absolute atomic E-state index is 0.0359. The summed E-state index contributed by atoms with van der Waals surface area (Å²) in [5.74, 6) is -0.712. The van der Waals surface area contributed by atoms with Gasteiger partial charge < -0.3 is 15.2 Å². The van der Waals surface area contributed by atoms with Gasteiger partial charge in [0, 0.05) is 19.2 Å². The summed E-state index contributed by atoms with van der Waals surface area (Å²) < 4.78 is 46.6. The summed E-state index contributed by atoms with van der Waals surface area (Å²) in [5.41, 5.74) is 0.238. The SMILES string of the molecule is CC(=O)NCC1COc2ccc(NC(=O)O)cc2N1S(=O)(=O)c1ccc(F)cc1. The molecule has 2 aromatic rings. The average Bonchev–Trinajstić information content (AvgIpc) is 2.65. The molecule has 3 rings (SSSR count). The summed E-state index contributed by atoms with van der Waals surface area (Å²) in [4.78, 5) is 22.1. The van der Waals surface area contributed by atoms with Crippen LogP contribution in [0.4, 0.5) is 20.6 Å². The van der Waals surface area contributed by atoms with Gasteiger partial charge in [-0.05, 0) is 42.5 Å². The maximum atomic E-state index is 13.3. The third-order valence-corrected chi connectivity index (χ3v) is 6.05. The van der Waals surface area contributed by atoms with Crippen LogP contribution in [0.3, 0.4) is 0 Å². The Bertz CT molecular complexity index is 1040. The molecule has 1 unspecified atom stereocenters. The number of halogens is 1. The van der Waals surface area contributed by atoms with Gasteiger partial charge in [0.1, 0.15) is 18.2 Å². The first-order valence-electron chi connectivity index (χ1n) is 8.49. The van der Waals surface area contributed by atoms with Crippen LogP contribution in [0.2, 0.25) is 0 Å². The van der Waals surface area contributed by atoms with Crippen LogP contribution in [-0.2, 0) is 14.8 Å². The predicted molar refractivity (Wildman–Crippen MR) is 102 cm³/mol. The molecule has 0 saturated heterocycles. The maximum absolute atomic E-state index is 13.3. The molecule has 1 atom stereocenters. The topological polar surface area (TPSA) is 125 Å². The van der Waals surface area contributed by atoms with Crippen LogP contribution in [0.15, 0.2) is 47.4 Å². The van der Waals surface area contributed by atoms with Gasteiger partial charge in [-0.25, -0.2) is 17.6 Å². The molecule has 9 nitrogen and oxygen atoms in total. The van der Waals surface area contributed by atoms with Gasteiger partial charge in [-0.2, -0.15) is 0 Å². The molecule has 0 fully saturated rings. The molecule has 0 aromatic heterocycles. The molecule has 0 saturated carbocycles. The number of carbonyl (C=O) groups excluding carboxylic acids is 1. The van der Waals surface area contributed by atoms with E-state index in [1.54, 1.807) is 0 Å². The lowest BCUT2D eigenvalue weighted by Gasteiger charge is -2.37. The minimum atomic E-state index is -4.17. The molecule has 1 heterocycles. The summed E-state index contributed by atoms with van der Waals surface area (Å²) in [6.07, 6.45) is -1.32. The minimum Gasteiger partial charge on any atom is -0.489 e. The molecule has 2 aromatic carbocycles. The van der Waals surface area contributed by atoms with Crippen molar-refractivity contribution < 1.29 is 32.2 Å². The first-order valence-corrected chi connectivity index (χ1v) is 9.93. The number of carboxylic acid groups (broad SMARTS) is 1. The smallest absolute Gasteiger partial charge is 0.409 e. The Hall–Kier alpha value is -3.34. The fraction of sp³-hybridized carbons (Fsp3) is 0.222. The van der Waals surface area contributed by atoms with Gasteiger partial charge >= 0.3 is 6.09 Å².